The number of fused-ring (bicyclic) bond motifs is 1. The molecule has 2 aromatic carbocycles. The van der Waals surface area contributed by atoms with Crippen molar-refractivity contribution in [2.75, 3.05) is 37.8 Å². The molecule has 1 aliphatic rings. The zero-order chi connectivity index (χ0) is 19.5. The molecular formula is C23H24N2O3. The molecule has 5 nitrogen and oxygen atoms in total. The molecule has 0 radical (unpaired) electrons. The van der Waals surface area contributed by atoms with Crippen molar-refractivity contribution in [3.63, 3.8) is 0 Å². The molecule has 4 rings (SSSR count). The minimum Gasteiger partial charge on any atom is -0.494 e. The van der Waals surface area contributed by atoms with Gasteiger partial charge in [0.2, 0.25) is 0 Å². The van der Waals surface area contributed by atoms with Crippen LogP contribution in [0.3, 0.4) is 0 Å². The zero-order valence-corrected chi connectivity index (χ0v) is 16.3. The van der Waals surface area contributed by atoms with Crippen LogP contribution in [0.1, 0.15) is 28.4 Å². The van der Waals surface area contributed by atoms with E-state index >= 15 is 0 Å². The largest absolute Gasteiger partial charge is 0.494 e. The van der Waals surface area contributed by atoms with Crippen LogP contribution in [0.15, 0.2) is 48.7 Å². The van der Waals surface area contributed by atoms with Gasteiger partial charge in [0.15, 0.2) is 5.78 Å². The van der Waals surface area contributed by atoms with Crippen LogP contribution >= 0.6 is 0 Å². The standard InChI is InChI=1S/C23H24N2O3/c1-3-28-18-7-5-17(6-8-18)23(26)20-15-24-21-9-4-16(2)14-19(21)22(20)25-10-12-27-13-11-25/h4-9,14-15H,3,10-13H2,1-2H3. The number of nitrogens with zero attached hydrogens (tertiary/aromatic N) is 2. The number of ether oxygens (including phenoxy) is 2. The summed E-state index contributed by atoms with van der Waals surface area (Å²) in [7, 11) is 0. The second-order valence-electron chi connectivity index (χ2n) is 6.93. The molecule has 5 heteroatoms. The Morgan fingerprint density at radius 2 is 1.89 bits per heavy atom. The molecule has 0 amide bonds. The van der Waals surface area contributed by atoms with Gasteiger partial charge in [-0.1, -0.05) is 11.6 Å². The van der Waals surface area contributed by atoms with E-state index in [0.717, 1.165) is 41.0 Å². The molecule has 2 heterocycles. The van der Waals surface area contributed by atoms with Crippen LogP contribution in [0.4, 0.5) is 5.69 Å². The Morgan fingerprint density at radius 3 is 2.61 bits per heavy atom. The summed E-state index contributed by atoms with van der Waals surface area (Å²) in [5.74, 6) is 0.736. The molecule has 28 heavy (non-hydrogen) atoms. The Hall–Kier alpha value is -2.92. The van der Waals surface area contributed by atoms with Gasteiger partial charge < -0.3 is 14.4 Å². The number of ketones is 1. The molecule has 0 atom stereocenters. The Labute approximate surface area is 164 Å². The maximum Gasteiger partial charge on any atom is 0.196 e. The first-order chi connectivity index (χ1) is 13.7. The van der Waals surface area contributed by atoms with E-state index in [1.807, 2.05) is 43.3 Å². The highest BCUT2D eigenvalue weighted by Crippen LogP contribution is 2.32. The maximum atomic E-state index is 13.4. The SMILES string of the molecule is CCOc1ccc(C(=O)c2cnc3ccc(C)cc3c2N2CCOCC2)cc1. The number of aromatic nitrogens is 1. The second kappa shape index (κ2) is 7.98. The smallest absolute Gasteiger partial charge is 0.196 e. The van der Waals surface area contributed by atoms with Gasteiger partial charge in [-0.25, -0.2) is 0 Å². The van der Waals surface area contributed by atoms with Crippen LogP contribution in [0.2, 0.25) is 0 Å². The summed E-state index contributed by atoms with van der Waals surface area (Å²) in [4.78, 5) is 20.2. The summed E-state index contributed by atoms with van der Waals surface area (Å²) >= 11 is 0. The summed E-state index contributed by atoms with van der Waals surface area (Å²) in [6.45, 7) is 7.44. The predicted octanol–water partition coefficient (Wildman–Crippen LogP) is 4.01. The van der Waals surface area contributed by atoms with Crippen LogP contribution in [0.5, 0.6) is 5.75 Å². The number of morpholine rings is 1. The normalized spacial score (nSPS) is 14.3. The van der Waals surface area contributed by atoms with Crippen molar-refractivity contribution in [1.82, 2.24) is 4.98 Å². The van der Waals surface area contributed by atoms with E-state index in [-0.39, 0.29) is 5.78 Å². The Kier molecular flexibility index (Phi) is 5.26. The molecule has 144 valence electrons. The minimum absolute atomic E-state index is 0.0274. The lowest BCUT2D eigenvalue weighted by Crippen LogP contribution is -2.37. The summed E-state index contributed by atoms with van der Waals surface area (Å²) in [6.07, 6.45) is 1.71. The number of hydrogen-bond acceptors (Lipinski definition) is 5. The number of anilines is 1. The van der Waals surface area contributed by atoms with E-state index in [2.05, 4.69) is 22.9 Å². The van der Waals surface area contributed by atoms with Crippen molar-refractivity contribution in [1.29, 1.82) is 0 Å². The molecule has 0 unspecified atom stereocenters. The van der Waals surface area contributed by atoms with Crippen LogP contribution in [0.25, 0.3) is 10.9 Å². The molecule has 0 spiro atoms. The highest BCUT2D eigenvalue weighted by Gasteiger charge is 2.23. The average Bonchev–Trinajstić information content (AvgIpc) is 2.74. The fraction of sp³-hybridized carbons (Fsp3) is 0.304. The van der Waals surface area contributed by atoms with Gasteiger partial charge in [0, 0.05) is 30.2 Å². The fourth-order valence-corrected chi connectivity index (χ4v) is 3.61. The number of carbonyl (C=O) groups is 1. The predicted molar refractivity (Wildman–Crippen MR) is 111 cm³/mol. The number of carbonyl (C=O) groups excluding carboxylic acids is 1. The lowest BCUT2D eigenvalue weighted by atomic mass is 9.99. The van der Waals surface area contributed by atoms with Crippen LogP contribution in [0, 0.1) is 6.92 Å². The summed E-state index contributed by atoms with van der Waals surface area (Å²) < 4.78 is 11.0. The van der Waals surface area contributed by atoms with E-state index in [1.54, 1.807) is 6.20 Å². The monoisotopic (exact) mass is 376 g/mol. The molecular weight excluding hydrogens is 352 g/mol. The molecule has 1 aromatic heterocycles. The molecule has 3 aromatic rings. The van der Waals surface area contributed by atoms with E-state index < -0.39 is 0 Å². The van der Waals surface area contributed by atoms with Gasteiger partial charge in [-0.15, -0.1) is 0 Å². The van der Waals surface area contributed by atoms with Crippen LogP contribution in [-0.2, 0) is 4.74 Å². The Balaban J connectivity index is 1.81. The van der Waals surface area contributed by atoms with Gasteiger partial charge in [0.25, 0.3) is 0 Å². The van der Waals surface area contributed by atoms with Crippen molar-refractivity contribution >= 4 is 22.4 Å². The summed E-state index contributed by atoms with van der Waals surface area (Å²) in [5.41, 5.74) is 4.26. The third-order valence-corrected chi connectivity index (χ3v) is 4.99. The van der Waals surface area contributed by atoms with Gasteiger partial charge in [0.1, 0.15) is 5.75 Å². The lowest BCUT2D eigenvalue weighted by Gasteiger charge is -2.31. The van der Waals surface area contributed by atoms with Crippen molar-refractivity contribution in [2.24, 2.45) is 0 Å². The quantitative estimate of drug-likeness (QED) is 0.630. The Bertz CT molecular complexity index is 993. The number of benzene rings is 2. The third kappa shape index (κ3) is 3.58. The van der Waals surface area contributed by atoms with Gasteiger partial charge in [0.05, 0.1) is 36.6 Å². The molecule has 0 aliphatic carbocycles. The second-order valence-corrected chi connectivity index (χ2v) is 6.93. The van der Waals surface area contributed by atoms with Crippen LogP contribution in [-0.4, -0.2) is 43.7 Å². The molecule has 0 saturated carbocycles. The molecule has 0 bridgehead atoms. The fourth-order valence-electron chi connectivity index (χ4n) is 3.61. The van der Waals surface area contributed by atoms with E-state index in [0.29, 0.717) is 30.9 Å². The van der Waals surface area contributed by atoms with Crippen molar-refractivity contribution in [3.8, 4) is 5.75 Å². The minimum atomic E-state index is -0.0274. The number of hydrogen-bond donors (Lipinski definition) is 0. The Morgan fingerprint density at radius 1 is 1.14 bits per heavy atom. The molecule has 0 N–H and O–H groups in total. The zero-order valence-electron chi connectivity index (χ0n) is 16.3. The highest BCUT2D eigenvalue weighted by molar-refractivity contribution is 6.16. The van der Waals surface area contributed by atoms with Crippen molar-refractivity contribution in [3.05, 3.63) is 65.4 Å². The van der Waals surface area contributed by atoms with E-state index in [9.17, 15) is 4.79 Å². The maximum absolute atomic E-state index is 13.4. The average molecular weight is 376 g/mol. The van der Waals surface area contributed by atoms with Gasteiger partial charge >= 0.3 is 0 Å². The first-order valence-electron chi connectivity index (χ1n) is 9.67. The van der Waals surface area contributed by atoms with Crippen LogP contribution < -0.4 is 9.64 Å². The van der Waals surface area contributed by atoms with E-state index in [1.165, 1.54) is 0 Å². The number of rotatable bonds is 5. The first kappa shape index (κ1) is 18.4. The molecule has 1 fully saturated rings. The third-order valence-electron chi connectivity index (χ3n) is 4.99. The molecule has 1 saturated heterocycles. The number of pyridine rings is 1. The molecule has 1 aliphatic heterocycles. The summed E-state index contributed by atoms with van der Waals surface area (Å²) in [6, 6.07) is 13.5. The van der Waals surface area contributed by atoms with E-state index in [4.69, 9.17) is 9.47 Å². The van der Waals surface area contributed by atoms with Gasteiger partial charge in [-0.3, -0.25) is 9.78 Å². The lowest BCUT2D eigenvalue weighted by molar-refractivity contribution is 0.103. The highest BCUT2D eigenvalue weighted by atomic mass is 16.5. The van der Waals surface area contributed by atoms with Gasteiger partial charge in [-0.05, 0) is 50.2 Å². The summed E-state index contributed by atoms with van der Waals surface area (Å²) in [5, 5.41) is 1.01. The topological polar surface area (TPSA) is 51.7 Å². The van der Waals surface area contributed by atoms with Crippen molar-refractivity contribution < 1.29 is 14.3 Å². The number of aryl methyl sites for hydroxylation is 1. The van der Waals surface area contributed by atoms with Gasteiger partial charge in [-0.2, -0.15) is 0 Å². The first-order valence-corrected chi connectivity index (χ1v) is 9.67. The van der Waals surface area contributed by atoms with Crippen molar-refractivity contribution in [2.45, 2.75) is 13.8 Å².